The normalized spacial score (nSPS) is 12.7. The lowest BCUT2D eigenvalue weighted by Crippen LogP contribution is -2.12. The molecule has 0 fully saturated rings. The van der Waals surface area contributed by atoms with Crippen LogP contribution in [-0.2, 0) is 0 Å². The summed E-state index contributed by atoms with van der Waals surface area (Å²) in [7, 11) is 0. The molecule has 2 rings (SSSR count). The van der Waals surface area contributed by atoms with Crippen molar-refractivity contribution in [2.24, 2.45) is 5.73 Å². The molecule has 0 radical (unpaired) electrons. The number of rotatable bonds is 2. The molecule has 78 valence electrons. The van der Waals surface area contributed by atoms with Gasteiger partial charge in [-0.05, 0) is 34.5 Å². The monoisotopic (exact) mass is 285 g/mol. The summed E-state index contributed by atoms with van der Waals surface area (Å²) < 4.78 is 14.3. The van der Waals surface area contributed by atoms with Gasteiger partial charge in [0, 0.05) is 10.0 Å². The van der Waals surface area contributed by atoms with Crippen LogP contribution in [0, 0.1) is 5.82 Å². The number of hydrogen-bond donors (Lipinski definition) is 1. The largest absolute Gasteiger partial charge is 0.320 e. The zero-order chi connectivity index (χ0) is 10.8. The summed E-state index contributed by atoms with van der Waals surface area (Å²) in [6, 6.07) is 6.47. The number of thiophene rings is 1. The second kappa shape index (κ2) is 4.43. The first-order valence-electron chi connectivity index (χ1n) is 4.41. The van der Waals surface area contributed by atoms with E-state index in [0.29, 0.717) is 5.56 Å². The molecule has 1 nitrogen and oxygen atoms in total. The van der Waals surface area contributed by atoms with Crippen molar-refractivity contribution in [2.45, 2.75) is 6.04 Å². The molecule has 1 aromatic heterocycles. The summed E-state index contributed by atoms with van der Waals surface area (Å²) >= 11 is 4.78. The number of benzene rings is 1. The number of halogens is 2. The zero-order valence-corrected chi connectivity index (χ0v) is 10.2. The Morgan fingerprint density at radius 3 is 2.73 bits per heavy atom. The summed E-state index contributed by atoms with van der Waals surface area (Å²) in [5.74, 6) is -0.275. The van der Waals surface area contributed by atoms with Gasteiger partial charge in [-0.1, -0.05) is 22.0 Å². The molecule has 15 heavy (non-hydrogen) atoms. The molecule has 2 aromatic rings. The van der Waals surface area contributed by atoms with Crippen molar-refractivity contribution in [3.05, 3.63) is 56.4 Å². The van der Waals surface area contributed by atoms with Crippen molar-refractivity contribution in [3.8, 4) is 0 Å². The Bertz CT molecular complexity index is 456. The second-order valence-corrected chi connectivity index (χ2v) is 4.90. The Kier molecular flexibility index (Phi) is 3.19. The van der Waals surface area contributed by atoms with Gasteiger partial charge in [-0.3, -0.25) is 0 Å². The van der Waals surface area contributed by atoms with Gasteiger partial charge in [0.05, 0.1) is 6.04 Å². The maximum atomic E-state index is 13.6. The summed E-state index contributed by atoms with van der Waals surface area (Å²) in [6.07, 6.45) is 0. The maximum Gasteiger partial charge on any atom is 0.129 e. The Morgan fingerprint density at radius 2 is 2.13 bits per heavy atom. The third kappa shape index (κ3) is 2.27. The van der Waals surface area contributed by atoms with Crippen LogP contribution in [0.5, 0.6) is 0 Å². The van der Waals surface area contributed by atoms with Gasteiger partial charge in [-0.25, -0.2) is 4.39 Å². The van der Waals surface area contributed by atoms with E-state index in [2.05, 4.69) is 15.9 Å². The second-order valence-electron chi connectivity index (χ2n) is 3.20. The molecular weight excluding hydrogens is 277 g/mol. The van der Waals surface area contributed by atoms with Crippen LogP contribution in [-0.4, -0.2) is 0 Å². The van der Waals surface area contributed by atoms with Gasteiger partial charge in [0.2, 0.25) is 0 Å². The van der Waals surface area contributed by atoms with Crippen LogP contribution in [0.1, 0.15) is 17.2 Å². The van der Waals surface area contributed by atoms with Crippen molar-refractivity contribution in [3.63, 3.8) is 0 Å². The molecular formula is C11H9BrFNS. The van der Waals surface area contributed by atoms with Crippen LogP contribution in [0.2, 0.25) is 0 Å². The van der Waals surface area contributed by atoms with E-state index in [4.69, 9.17) is 5.73 Å². The predicted octanol–water partition coefficient (Wildman–Crippen LogP) is 3.70. The molecule has 0 bridgehead atoms. The highest BCUT2D eigenvalue weighted by Gasteiger charge is 2.13. The molecule has 1 aromatic carbocycles. The standard InChI is InChI=1S/C11H9BrFNS/c12-8-1-2-9(10(13)5-8)11(14)7-3-4-15-6-7/h1-6,11H,14H2/t11-/m1/s1. The Balaban J connectivity index is 2.38. The highest BCUT2D eigenvalue weighted by atomic mass is 79.9. The van der Waals surface area contributed by atoms with Crippen LogP contribution < -0.4 is 5.73 Å². The Labute approximate surface area is 99.9 Å². The van der Waals surface area contributed by atoms with Crippen LogP contribution in [0.25, 0.3) is 0 Å². The molecule has 1 heterocycles. The smallest absolute Gasteiger partial charge is 0.129 e. The quantitative estimate of drug-likeness (QED) is 0.895. The Morgan fingerprint density at radius 1 is 1.33 bits per heavy atom. The lowest BCUT2D eigenvalue weighted by molar-refractivity contribution is 0.599. The minimum Gasteiger partial charge on any atom is -0.320 e. The average molecular weight is 286 g/mol. The van der Waals surface area contributed by atoms with Crippen molar-refractivity contribution < 1.29 is 4.39 Å². The third-order valence-corrected chi connectivity index (χ3v) is 3.39. The van der Waals surface area contributed by atoms with Crippen molar-refractivity contribution in [1.82, 2.24) is 0 Å². The lowest BCUT2D eigenvalue weighted by Gasteiger charge is -2.11. The molecule has 2 N–H and O–H groups in total. The number of hydrogen-bond acceptors (Lipinski definition) is 2. The summed E-state index contributed by atoms with van der Waals surface area (Å²) in [6.45, 7) is 0. The first-order valence-corrected chi connectivity index (χ1v) is 6.14. The minimum atomic E-state index is -0.385. The van der Waals surface area contributed by atoms with Gasteiger partial charge in [-0.15, -0.1) is 0 Å². The molecule has 0 saturated carbocycles. The molecule has 0 aliphatic carbocycles. The molecule has 0 spiro atoms. The van der Waals surface area contributed by atoms with E-state index >= 15 is 0 Å². The molecule has 0 aliphatic rings. The van der Waals surface area contributed by atoms with E-state index < -0.39 is 0 Å². The molecule has 0 amide bonds. The van der Waals surface area contributed by atoms with Gasteiger partial charge in [0.25, 0.3) is 0 Å². The van der Waals surface area contributed by atoms with Gasteiger partial charge in [0.1, 0.15) is 5.82 Å². The molecule has 0 saturated heterocycles. The highest BCUT2D eigenvalue weighted by molar-refractivity contribution is 9.10. The third-order valence-electron chi connectivity index (χ3n) is 2.20. The van der Waals surface area contributed by atoms with Crippen molar-refractivity contribution in [1.29, 1.82) is 0 Å². The van der Waals surface area contributed by atoms with Crippen LogP contribution in [0.15, 0.2) is 39.5 Å². The first kappa shape index (κ1) is 10.8. The minimum absolute atomic E-state index is 0.275. The van der Waals surface area contributed by atoms with Crippen molar-refractivity contribution in [2.75, 3.05) is 0 Å². The summed E-state index contributed by atoms with van der Waals surface area (Å²) in [4.78, 5) is 0. The zero-order valence-electron chi connectivity index (χ0n) is 7.78. The first-order chi connectivity index (χ1) is 7.18. The van der Waals surface area contributed by atoms with Gasteiger partial charge in [-0.2, -0.15) is 11.3 Å². The van der Waals surface area contributed by atoms with Crippen molar-refractivity contribution >= 4 is 27.3 Å². The van der Waals surface area contributed by atoms with Gasteiger partial charge >= 0.3 is 0 Å². The fourth-order valence-electron chi connectivity index (χ4n) is 1.39. The average Bonchev–Trinajstić information content (AvgIpc) is 2.69. The fourth-order valence-corrected chi connectivity index (χ4v) is 2.41. The van der Waals surface area contributed by atoms with E-state index in [1.54, 1.807) is 23.5 Å². The van der Waals surface area contributed by atoms with E-state index in [1.165, 1.54) is 6.07 Å². The summed E-state index contributed by atoms with van der Waals surface area (Å²) in [5, 5.41) is 3.87. The SMILES string of the molecule is N[C@H](c1ccsc1)c1ccc(Br)cc1F. The van der Waals surface area contributed by atoms with E-state index in [1.807, 2.05) is 16.8 Å². The van der Waals surface area contributed by atoms with Crippen LogP contribution in [0.4, 0.5) is 4.39 Å². The molecule has 0 aliphatic heterocycles. The lowest BCUT2D eigenvalue weighted by atomic mass is 10.0. The molecule has 1 atom stereocenters. The topological polar surface area (TPSA) is 26.0 Å². The van der Waals surface area contributed by atoms with E-state index in [9.17, 15) is 4.39 Å². The Hall–Kier alpha value is -0.710. The van der Waals surface area contributed by atoms with Crippen LogP contribution >= 0.6 is 27.3 Å². The fraction of sp³-hybridized carbons (Fsp3) is 0.0909. The number of nitrogens with two attached hydrogens (primary N) is 1. The predicted molar refractivity (Wildman–Crippen MR) is 64.4 cm³/mol. The van der Waals surface area contributed by atoms with E-state index in [-0.39, 0.29) is 11.9 Å². The van der Waals surface area contributed by atoms with E-state index in [0.717, 1.165) is 10.0 Å². The highest BCUT2D eigenvalue weighted by Crippen LogP contribution is 2.25. The molecule has 0 unspecified atom stereocenters. The van der Waals surface area contributed by atoms with Gasteiger partial charge < -0.3 is 5.73 Å². The molecule has 4 heteroatoms. The maximum absolute atomic E-state index is 13.6. The van der Waals surface area contributed by atoms with Crippen LogP contribution in [0.3, 0.4) is 0 Å². The summed E-state index contributed by atoms with van der Waals surface area (Å²) in [5.41, 5.74) is 7.43. The van der Waals surface area contributed by atoms with Gasteiger partial charge in [0.15, 0.2) is 0 Å².